The van der Waals surface area contributed by atoms with Crippen molar-refractivity contribution in [1.82, 2.24) is 15.2 Å². The summed E-state index contributed by atoms with van der Waals surface area (Å²) >= 11 is 3.55. The first-order valence-corrected chi connectivity index (χ1v) is 9.53. The quantitative estimate of drug-likeness (QED) is 0.815. The van der Waals surface area contributed by atoms with Crippen LogP contribution in [-0.4, -0.2) is 53.0 Å². The van der Waals surface area contributed by atoms with Crippen molar-refractivity contribution in [3.63, 3.8) is 0 Å². The van der Waals surface area contributed by atoms with Gasteiger partial charge in [-0.2, -0.15) is 11.8 Å². The van der Waals surface area contributed by atoms with Gasteiger partial charge >= 0.3 is 0 Å². The Hall–Kier alpha value is -0.0500. The number of hydrogen-bond acceptors (Lipinski definition) is 6. The van der Waals surface area contributed by atoms with Crippen molar-refractivity contribution in [3.8, 4) is 0 Å². The molecule has 0 saturated carbocycles. The van der Waals surface area contributed by atoms with E-state index in [4.69, 9.17) is 0 Å². The molecule has 1 fully saturated rings. The molecule has 0 bridgehead atoms. The molecule has 5 nitrogen and oxygen atoms in total. The number of anilines is 1. The molecule has 3 rings (SSSR count). The van der Waals surface area contributed by atoms with Crippen LogP contribution in [0, 0.1) is 0 Å². The van der Waals surface area contributed by atoms with E-state index in [9.17, 15) is 4.79 Å². The van der Waals surface area contributed by atoms with Gasteiger partial charge in [-0.15, -0.1) is 36.2 Å². The molecular weight excluding hydrogens is 375 g/mol. The molecular formula is C14H24Cl2N4OS2. The number of thiazole rings is 1. The number of hydrogen-bond donors (Lipinski definition) is 2. The van der Waals surface area contributed by atoms with E-state index in [0.717, 1.165) is 49.2 Å². The van der Waals surface area contributed by atoms with Gasteiger partial charge in [0.15, 0.2) is 5.13 Å². The minimum Gasteiger partial charge on any atom is -0.312 e. The largest absolute Gasteiger partial charge is 0.312 e. The summed E-state index contributed by atoms with van der Waals surface area (Å²) in [6.07, 6.45) is 1.54. The standard InChI is InChI=1S/C14H22N4OS2.2ClH/c1-2-18-5-3-11-12(8-18)21-14(16-11)17-13(19)7-10-9-20-6-4-15-10;;/h10,15H,2-9H2,1H3,(H,16,17,19);2*1H. The zero-order valence-electron chi connectivity index (χ0n) is 13.2. The summed E-state index contributed by atoms with van der Waals surface area (Å²) in [4.78, 5) is 20.4. The fraction of sp³-hybridized carbons (Fsp3) is 0.714. The average molecular weight is 399 g/mol. The number of thioether (sulfide) groups is 1. The van der Waals surface area contributed by atoms with Crippen LogP contribution in [0.25, 0.3) is 0 Å². The summed E-state index contributed by atoms with van der Waals surface area (Å²) in [6, 6.07) is 0.300. The maximum atomic E-state index is 12.1. The zero-order valence-corrected chi connectivity index (χ0v) is 16.4. The van der Waals surface area contributed by atoms with E-state index >= 15 is 0 Å². The number of aromatic nitrogens is 1. The molecule has 1 aromatic rings. The maximum absolute atomic E-state index is 12.1. The number of carbonyl (C=O) groups is 1. The van der Waals surface area contributed by atoms with Gasteiger partial charge in [-0.1, -0.05) is 6.92 Å². The van der Waals surface area contributed by atoms with E-state index in [-0.39, 0.29) is 30.7 Å². The van der Waals surface area contributed by atoms with Crippen molar-refractivity contribution in [3.05, 3.63) is 10.6 Å². The topological polar surface area (TPSA) is 57.3 Å². The molecule has 3 heterocycles. The van der Waals surface area contributed by atoms with Gasteiger partial charge in [-0.05, 0) is 6.54 Å². The van der Waals surface area contributed by atoms with Gasteiger partial charge in [0.05, 0.1) is 5.69 Å². The van der Waals surface area contributed by atoms with E-state index in [0.29, 0.717) is 12.5 Å². The second kappa shape index (κ2) is 10.1. The Kier molecular flexibility index (Phi) is 9.18. The molecule has 1 unspecified atom stereocenters. The highest BCUT2D eigenvalue weighted by molar-refractivity contribution is 7.99. The molecule has 9 heteroatoms. The number of nitrogens with one attached hydrogen (secondary N) is 2. The Labute approximate surface area is 158 Å². The van der Waals surface area contributed by atoms with Crippen molar-refractivity contribution in [2.45, 2.75) is 32.4 Å². The fourth-order valence-electron chi connectivity index (χ4n) is 2.72. The molecule has 23 heavy (non-hydrogen) atoms. The Balaban J connectivity index is 0.00000132. The van der Waals surface area contributed by atoms with Crippen LogP contribution in [0.3, 0.4) is 0 Å². The number of nitrogens with zero attached hydrogens (tertiary/aromatic N) is 2. The highest BCUT2D eigenvalue weighted by Gasteiger charge is 2.21. The number of halogens is 2. The highest BCUT2D eigenvalue weighted by atomic mass is 35.5. The highest BCUT2D eigenvalue weighted by Crippen LogP contribution is 2.28. The summed E-state index contributed by atoms with van der Waals surface area (Å²) in [5.74, 6) is 2.24. The number of fused-ring (bicyclic) bond motifs is 1. The lowest BCUT2D eigenvalue weighted by Gasteiger charge is -2.23. The van der Waals surface area contributed by atoms with E-state index in [1.165, 1.54) is 10.6 Å². The normalized spacial score (nSPS) is 20.8. The van der Waals surface area contributed by atoms with Crippen molar-refractivity contribution >= 4 is 59.0 Å². The van der Waals surface area contributed by atoms with Crippen LogP contribution in [-0.2, 0) is 17.8 Å². The third-order valence-electron chi connectivity index (χ3n) is 3.93. The smallest absolute Gasteiger partial charge is 0.227 e. The summed E-state index contributed by atoms with van der Waals surface area (Å²) in [6.45, 7) is 6.30. The summed E-state index contributed by atoms with van der Waals surface area (Å²) < 4.78 is 0. The predicted molar refractivity (Wildman–Crippen MR) is 104 cm³/mol. The Bertz CT molecular complexity index is 509. The molecule has 1 saturated heterocycles. The van der Waals surface area contributed by atoms with E-state index < -0.39 is 0 Å². The van der Waals surface area contributed by atoms with Crippen LogP contribution in [0.5, 0.6) is 0 Å². The first-order valence-electron chi connectivity index (χ1n) is 7.56. The molecule has 1 amide bonds. The lowest BCUT2D eigenvalue weighted by Crippen LogP contribution is -2.39. The van der Waals surface area contributed by atoms with Crippen molar-refractivity contribution in [1.29, 1.82) is 0 Å². The van der Waals surface area contributed by atoms with Crippen molar-refractivity contribution in [2.75, 3.05) is 36.5 Å². The summed E-state index contributed by atoms with van der Waals surface area (Å²) in [5, 5.41) is 7.14. The van der Waals surface area contributed by atoms with E-state index in [2.05, 4.69) is 27.4 Å². The number of likely N-dealkylation sites (N-methyl/N-ethyl adjacent to an activating group) is 1. The van der Waals surface area contributed by atoms with Crippen molar-refractivity contribution < 1.29 is 4.79 Å². The van der Waals surface area contributed by atoms with Crippen LogP contribution in [0.1, 0.15) is 23.9 Å². The third kappa shape index (κ3) is 5.76. The van der Waals surface area contributed by atoms with Gasteiger partial charge in [0.2, 0.25) is 5.91 Å². The van der Waals surface area contributed by atoms with E-state index in [1.54, 1.807) is 11.3 Å². The zero-order chi connectivity index (χ0) is 14.7. The molecule has 0 radical (unpaired) electrons. The van der Waals surface area contributed by atoms with Gasteiger partial charge in [-0.25, -0.2) is 4.98 Å². The van der Waals surface area contributed by atoms with Crippen LogP contribution in [0.2, 0.25) is 0 Å². The molecule has 0 spiro atoms. The minimum absolute atomic E-state index is 0. The summed E-state index contributed by atoms with van der Waals surface area (Å²) in [5.41, 5.74) is 1.17. The number of amides is 1. The molecule has 132 valence electrons. The van der Waals surface area contributed by atoms with Gasteiger partial charge < -0.3 is 10.6 Å². The van der Waals surface area contributed by atoms with Gasteiger partial charge in [0, 0.05) is 54.9 Å². The second-order valence-electron chi connectivity index (χ2n) is 5.49. The fourth-order valence-corrected chi connectivity index (χ4v) is 4.73. The molecule has 0 aliphatic carbocycles. The van der Waals surface area contributed by atoms with Crippen LogP contribution < -0.4 is 10.6 Å². The Morgan fingerprint density at radius 3 is 3.00 bits per heavy atom. The number of rotatable bonds is 4. The van der Waals surface area contributed by atoms with Crippen LogP contribution >= 0.6 is 47.9 Å². The average Bonchev–Trinajstić information content (AvgIpc) is 2.89. The monoisotopic (exact) mass is 398 g/mol. The minimum atomic E-state index is 0. The SMILES string of the molecule is CCN1CCc2nc(NC(=O)CC3CSCCN3)sc2C1.Cl.Cl. The Morgan fingerprint density at radius 2 is 2.30 bits per heavy atom. The summed E-state index contributed by atoms with van der Waals surface area (Å²) in [7, 11) is 0. The first-order chi connectivity index (χ1) is 10.2. The predicted octanol–water partition coefficient (Wildman–Crippen LogP) is 2.40. The lowest BCUT2D eigenvalue weighted by molar-refractivity contribution is -0.116. The van der Waals surface area contributed by atoms with Gasteiger partial charge in [-0.3, -0.25) is 9.69 Å². The molecule has 1 aromatic heterocycles. The van der Waals surface area contributed by atoms with Crippen LogP contribution in [0.4, 0.5) is 5.13 Å². The molecule has 2 aliphatic rings. The van der Waals surface area contributed by atoms with Gasteiger partial charge in [0.25, 0.3) is 0 Å². The Morgan fingerprint density at radius 1 is 1.48 bits per heavy atom. The second-order valence-corrected chi connectivity index (χ2v) is 7.72. The molecule has 2 aliphatic heterocycles. The molecule has 1 atom stereocenters. The first kappa shape index (κ1) is 21.0. The maximum Gasteiger partial charge on any atom is 0.227 e. The molecule has 2 N–H and O–H groups in total. The number of carbonyl (C=O) groups excluding carboxylic acids is 1. The molecule has 0 aromatic carbocycles. The van der Waals surface area contributed by atoms with Crippen molar-refractivity contribution in [2.24, 2.45) is 0 Å². The van der Waals surface area contributed by atoms with Gasteiger partial charge in [0.1, 0.15) is 0 Å². The third-order valence-corrected chi connectivity index (χ3v) is 6.06. The van der Waals surface area contributed by atoms with E-state index in [1.807, 2.05) is 11.8 Å². The van der Waals surface area contributed by atoms with Crippen LogP contribution in [0.15, 0.2) is 0 Å². The lowest BCUT2D eigenvalue weighted by atomic mass is 10.2.